The van der Waals surface area contributed by atoms with Gasteiger partial charge in [-0.25, -0.2) is 0 Å². The second-order valence-corrected chi connectivity index (χ2v) is 6.25. The molecule has 2 aliphatic heterocycles. The van der Waals surface area contributed by atoms with E-state index in [1.807, 2.05) is 18.2 Å². The molecule has 0 spiro atoms. The molecule has 0 aromatic heterocycles. The Morgan fingerprint density at radius 2 is 2.16 bits per heavy atom. The SMILES string of the molecule is C#CCOCCCc1ccc2c(c1)CN(C1CCC(=O)NC1=O)C2=O. The number of amides is 3. The van der Waals surface area contributed by atoms with Crippen LogP contribution in [0.2, 0.25) is 0 Å². The molecule has 3 rings (SSSR count). The van der Waals surface area contributed by atoms with Crippen molar-refractivity contribution in [3.05, 3.63) is 34.9 Å². The summed E-state index contributed by atoms with van der Waals surface area (Å²) in [7, 11) is 0. The third kappa shape index (κ3) is 3.72. The molecule has 3 amide bonds. The zero-order valence-corrected chi connectivity index (χ0v) is 13.9. The maximum Gasteiger partial charge on any atom is 0.255 e. The summed E-state index contributed by atoms with van der Waals surface area (Å²) in [6, 6.07) is 5.20. The fourth-order valence-electron chi connectivity index (χ4n) is 3.29. The van der Waals surface area contributed by atoms with E-state index in [1.54, 1.807) is 4.90 Å². The molecule has 1 N–H and O–H groups in total. The molecule has 2 aliphatic rings. The summed E-state index contributed by atoms with van der Waals surface area (Å²) >= 11 is 0. The Balaban J connectivity index is 1.64. The van der Waals surface area contributed by atoms with Gasteiger partial charge in [0.25, 0.3) is 5.91 Å². The average Bonchev–Trinajstić information content (AvgIpc) is 2.91. The standard InChI is InChI=1S/C19H20N2O4/c1-2-9-25-10-3-4-13-5-6-15-14(11-13)12-21(19(15)24)16-7-8-17(22)20-18(16)23/h1,5-6,11,16H,3-4,7-10,12H2,(H,20,22,23). The maximum absolute atomic E-state index is 12.6. The van der Waals surface area contributed by atoms with E-state index >= 15 is 0 Å². The van der Waals surface area contributed by atoms with Crippen molar-refractivity contribution >= 4 is 17.7 Å². The molecule has 1 unspecified atom stereocenters. The minimum Gasteiger partial charge on any atom is -0.369 e. The molecule has 0 saturated carbocycles. The number of carbonyl (C=O) groups excluding carboxylic acids is 3. The van der Waals surface area contributed by atoms with E-state index in [0.717, 1.165) is 24.0 Å². The number of rotatable bonds is 6. The second-order valence-electron chi connectivity index (χ2n) is 6.25. The summed E-state index contributed by atoms with van der Waals surface area (Å²) in [6.45, 7) is 1.32. The van der Waals surface area contributed by atoms with E-state index in [9.17, 15) is 14.4 Å². The Kier molecular flexibility index (Phi) is 5.15. The first-order valence-electron chi connectivity index (χ1n) is 8.38. The van der Waals surface area contributed by atoms with Crippen LogP contribution in [0.1, 0.15) is 40.7 Å². The van der Waals surface area contributed by atoms with Gasteiger partial charge in [-0.3, -0.25) is 19.7 Å². The molecule has 25 heavy (non-hydrogen) atoms. The number of hydrogen-bond acceptors (Lipinski definition) is 4. The predicted molar refractivity (Wildman–Crippen MR) is 90.5 cm³/mol. The van der Waals surface area contributed by atoms with Crippen LogP contribution in [-0.4, -0.2) is 41.9 Å². The van der Waals surface area contributed by atoms with E-state index in [4.69, 9.17) is 11.2 Å². The van der Waals surface area contributed by atoms with E-state index in [0.29, 0.717) is 31.7 Å². The number of nitrogens with one attached hydrogen (secondary N) is 1. The van der Waals surface area contributed by atoms with Gasteiger partial charge >= 0.3 is 0 Å². The summed E-state index contributed by atoms with van der Waals surface area (Å²) in [5, 5.41) is 2.31. The van der Waals surface area contributed by atoms with Crippen LogP contribution in [0.4, 0.5) is 0 Å². The van der Waals surface area contributed by atoms with Crippen molar-refractivity contribution in [2.75, 3.05) is 13.2 Å². The van der Waals surface area contributed by atoms with Crippen molar-refractivity contribution in [2.45, 2.75) is 38.3 Å². The molecule has 130 valence electrons. The first kappa shape index (κ1) is 17.2. The highest BCUT2D eigenvalue weighted by Crippen LogP contribution is 2.28. The van der Waals surface area contributed by atoms with Gasteiger partial charge in [0.2, 0.25) is 11.8 Å². The lowest BCUT2D eigenvalue weighted by molar-refractivity contribution is -0.136. The quantitative estimate of drug-likeness (QED) is 0.477. The highest BCUT2D eigenvalue weighted by molar-refractivity contribution is 6.05. The van der Waals surface area contributed by atoms with Gasteiger partial charge in [-0.05, 0) is 36.5 Å². The maximum atomic E-state index is 12.6. The van der Waals surface area contributed by atoms with Gasteiger partial charge in [0.05, 0.1) is 0 Å². The molecule has 6 nitrogen and oxygen atoms in total. The topological polar surface area (TPSA) is 75.7 Å². The third-order valence-corrected chi connectivity index (χ3v) is 4.53. The van der Waals surface area contributed by atoms with Crippen molar-refractivity contribution in [1.29, 1.82) is 0 Å². The fraction of sp³-hybridized carbons (Fsp3) is 0.421. The Labute approximate surface area is 146 Å². The van der Waals surface area contributed by atoms with Crippen LogP contribution in [0.15, 0.2) is 18.2 Å². The van der Waals surface area contributed by atoms with Gasteiger partial charge in [-0.2, -0.15) is 0 Å². The molecule has 2 heterocycles. The highest BCUT2D eigenvalue weighted by atomic mass is 16.5. The van der Waals surface area contributed by atoms with Crippen molar-refractivity contribution < 1.29 is 19.1 Å². The number of hydrogen-bond donors (Lipinski definition) is 1. The van der Waals surface area contributed by atoms with Crippen LogP contribution < -0.4 is 5.32 Å². The van der Waals surface area contributed by atoms with E-state index in [2.05, 4.69) is 11.2 Å². The van der Waals surface area contributed by atoms with E-state index < -0.39 is 6.04 Å². The molecule has 6 heteroatoms. The van der Waals surface area contributed by atoms with Crippen LogP contribution in [0, 0.1) is 12.3 Å². The first-order chi connectivity index (χ1) is 12.1. The monoisotopic (exact) mass is 340 g/mol. The Hall–Kier alpha value is -2.65. The number of imide groups is 1. The molecular formula is C19H20N2O4. The van der Waals surface area contributed by atoms with Gasteiger partial charge in [-0.1, -0.05) is 18.1 Å². The molecule has 1 fully saturated rings. The zero-order chi connectivity index (χ0) is 17.8. The average molecular weight is 340 g/mol. The van der Waals surface area contributed by atoms with Crippen LogP contribution in [0.25, 0.3) is 0 Å². The fourth-order valence-corrected chi connectivity index (χ4v) is 3.29. The molecule has 0 aliphatic carbocycles. The minimum atomic E-state index is -0.571. The second kappa shape index (κ2) is 7.49. The number of terminal acetylenes is 1. The van der Waals surface area contributed by atoms with Gasteiger partial charge in [-0.15, -0.1) is 6.42 Å². The Morgan fingerprint density at radius 3 is 2.92 bits per heavy atom. The number of aryl methyl sites for hydroxylation is 1. The summed E-state index contributed by atoms with van der Waals surface area (Å²) in [5.41, 5.74) is 2.69. The van der Waals surface area contributed by atoms with Gasteiger partial charge in [0.1, 0.15) is 12.6 Å². The first-order valence-corrected chi connectivity index (χ1v) is 8.38. The van der Waals surface area contributed by atoms with Gasteiger partial charge in [0, 0.05) is 25.1 Å². The lowest BCUT2D eigenvalue weighted by Crippen LogP contribution is -2.52. The smallest absolute Gasteiger partial charge is 0.255 e. The Morgan fingerprint density at radius 1 is 1.32 bits per heavy atom. The predicted octanol–water partition coefficient (Wildman–Crippen LogP) is 1.03. The number of piperidine rings is 1. The van der Waals surface area contributed by atoms with Crippen LogP contribution in [0.3, 0.4) is 0 Å². The zero-order valence-electron chi connectivity index (χ0n) is 13.9. The number of fused-ring (bicyclic) bond motifs is 1. The molecule has 0 radical (unpaired) electrons. The van der Waals surface area contributed by atoms with Crippen LogP contribution in [0.5, 0.6) is 0 Å². The molecule has 1 aromatic carbocycles. The molecule has 1 atom stereocenters. The molecule has 1 saturated heterocycles. The molecular weight excluding hydrogens is 320 g/mol. The van der Waals surface area contributed by atoms with Crippen LogP contribution >= 0.6 is 0 Å². The lowest BCUT2D eigenvalue weighted by Gasteiger charge is -2.29. The number of nitrogens with zero attached hydrogens (tertiary/aromatic N) is 1. The number of ether oxygens (including phenoxy) is 1. The van der Waals surface area contributed by atoms with Crippen molar-refractivity contribution in [2.24, 2.45) is 0 Å². The molecule has 1 aromatic rings. The van der Waals surface area contributed by atoms with Crippen LogP contribution in [-0.2, 0) is 27.3 Å². The van der Waals surface area contributed by atoms with Gasteiger partial charge in [0.15, 0.2) is 0 Å². The number of benzene rings is 1. The molecule has 0 bridgehead atoms. The number of carbonyl (C=O) groups is 3. The van der Waals surface area contributed by atoms with E-state index in [-0.39, 0.29) is 24.1 Å². The minimum absolute atomic E-state index is 0.145. The summed E-state index contributed by atoms with van der Waals surface area (Å²) in [5.74, 6) is 1.62. The summed E-state index contributed by atoms with van der Waals surface area (Å²) < 4.78 is 5.26. The largest absolute Gasteiger partial charge is 0.369 e. The summed E-state index contributed by atoms with van der Waals surface area (Å²) in [6.07, 6.45) is 7.46. The van der Waals surface area contributed by atoms with Gasteiger partial charge < -0.3 is 9.64 Å². The third-order valence-electron chi connectivity index (χ3n) is 4.53. The van der Waals surface area contributed by atoms with Crippen molar-refractivity contribution in [1.82, 2.24) is 10.2 Å². The van der Waals surface area contributed by atoms with Crippen molar-refractivity contribution in [3.63, 3.8) is 0 Å². The lowest BCUT2D eigenvalue weighted by atomic mass is 10.0. The normalized spacial score (nSPS) is 19.6. The Bertz CT molecular complexity index is 750. The van der Waals surface area contributed by atoms with E-state index in [1.165, 1.54) is 0 Å². The highest BCUT2D eigenvalue weighted by Gasteiger charge is 2.38. The van der Waals surface area contributed by atoms with Crippen molar-refractivity contribution in [3.8, 4) is 12.3 Å². The summed E-state index contributed by atoms with van der Waals surface area (Å²) in [4.78, 5) is 37.5.